The number of aryl methyl sites for hydroxylation is 3. The zero-order valence-electron chi connectivity index (χ0n) is 17.1. The van der Waals surface area contributed by atoms with Crippen molar-refractivity contribution >= 4 is 15.9 Å². The molecule has 2 aromatic rings. The molecule has 0 aliphatic carbocycles. The van der Waals surface area contributed by atoms with Crippen molar-refractivity contribution in [3.63, 3.8) is 0 Å². The second-order valence-electron chi connectivity index (χ2n) is 7.38. The molecule has 1 atom stereocenters. The van der Waals surface area contributed by atoms with Gasteiger partial charge in [-0.25, -0.2) is 8.42 Å². The van der Waals surface area contributed by atoms with E-state index in [0.29, 0.717) is 0 Å². The highest BCUT2D eigenvalue weighted by molar-refractivity contribution is 7.89. The van der Waals surface area contributed by atoms with Crippen molar-refractivity contribution in [2.24, 2.45) is 0 Å². The molecule has 1 saturated heterocycles. The molecule has 0 radical (unpaired) electrons. The lowest BCUT2D eigenvalue weighted by Crippen LogP contribution is -2.53. The van der Waals surface area contributed by atoms with Crippen molar-refractivity contribution in [3.8, 4) is 0 Å². The predicted molar refractivity (Wildman–Crippen MR) is 99.3 cm³/mol. The Labute approximate surface area is 176 Å². The molecular weight excluding hydrogens is 443 g/mol. The zero-order chi connectivity index (χ0) is 23.2. The highest BCUT2D eigenvalue weighted by Crippen LogP contribution is 2.42. The molecular formula is C18H22F3N3O6S. The summed E-state index contributed by atoms with van der Waals surface area (Å²) in [7, 11) is -3.93. The highest BCUT2D eigenvalue weighted by atomic mass is 32.2. The van der Waals surface area contributed by atoms with E-state index in [0.717, 1.165) is 15.3 Å². The quantitative estimate of drug-likeness (QED) is 0.716. The summed E-state index contributed by atoms with van der Waals surface area (Å²) >= 11 is 0. The minimum Gasteiger partial charge on any atom is -0.463 e. The molecule has 0 bridgehead atoms. The van der Waals surface area contributed by atoms with E-state index in [1.54, 1.807) is 0 Å². The second kappa shape index (κ2) is 7.95. The average Bonchev–Trinajstić information content (AvgIpc) is 3.26. The topological polar surface area (TPSA) is 117 Å². The number of furan rings is 1. The second-order valence-corrected chi connectivity index (χ2v) is 9.26. The van der Waals surface area contributed by atoms with Crippen LogP contribution in [0.5, 0.6) is 0 Å². The number of aliphatic hydroxyl groups is 1. The number of carbonyl (C=O) groups is 1. The lowest BCUT2D eigenvalue weighted by atomic mass is 9.94. The number of hydrogen-bond donors (Lipinski definition) is 1. The summed E-state index contributed by atoms with van der Waals surface area (Å²) in [5, 5.41) is 13.9. The summed E-state index contributed by atoms with van der Waals surface area (Å²) in [5.74, 6) is -1.46. The maximum Gasteiger partial charge on any atom is 0.425 e. The van der Waals surface area contributed by atoms with Crippen molar-refractivity contribution in [1.29, 1.82) is 0 Å². The van der Waals surface area contributed by atoms with E-state index in [4.69, 9.17) is 8.94 Å². The SMILES string of the molecule is Cc1ccc(C(O)(CC(=O)N2CCN(S(=O)(=O)c3c(C)noc3C)CC2)C(F)(F)F)o1. The van der Waals surface area contributed by atoms with E-state index in [9.17, 15) is 31.5 Å². The first-order valence-corrected chi connectivity index (χ1v) is 10.8. The van der Waals surface area contributed by atoms with Gasteiger partial charge in [-0.2, -0.15) is 17.5 Å². The molecule has 1 amide bonds. The van der Waals surface area contributed by atoms with Crippen LogP contribution in [0.25, 0.3) is 0 Å². The van der Waals surface area contributed by atoms with Gasteiger partial charge in [-0.1, -0.05) is 5.16 Å². The molecule has 0 aromatic carbocycles. The number of amides is 1. The van der Waals surface area contributed by atoms with Crippen molar-refractivity contribution in [3.05, 3.63) is 35.1 Å². The number of hydrogen-bond acceptors (Lipinski definition) is 7. The molecule has 1 fully saturated rings. The van der Waals surface area contributed by atoms with E-state index in [2.05, 4.69) is 5.16 Å². The third-order valence-electron chi connectivity index (χ3n) is 5.18. The van der Waals surface area contributed by atoms with Gasteiger partial charge in [0.15, 0.2) is 5.76 Å². The first-order chi connectivity index (χ1) is 14.3. The monoisotopic (exact) mass is 465 g/mol. The van der Waals surface area contributed by atoms with Crippen LogP contribution in [0.4, 0.5) is 13.2 Å². The van der Waals surface area contributed by atoms with Crippen LogP contribution < -0.4 is 0 Å². The Morgan fingerprint density at radius 2 is 1.77 bits per heavy atom. The van der Waals surface area contributed by atoms with Gasteiger partial charge in [0, 0.05) is 26.2 Å². The van der Waals surface area contributed by atoms with Crippen LogP contribution >= 0.6 is 0 Å². The molecule has 1 N–H and O–H groups in total. The number of aromatic nitrogens is 1. The molecule has 172 valence electrons. The molecule has 0 saturated carbocycles. The van der Waals surface area contributed by atoms with E-state index < -0.39 is 39.9 Å². The van der Waals surface area contributed by atoms with Gasteiger partial charge in [0.2, 0.25) is 21.5 Å². The molecule has 1 aliphatic heterocycles. The van der Waals surface area contributed by atoms with Crippen LogP contribution in [-0.2, 0) is 20.4 Å². The molecule has 31 heavy (non-hydrogen) atoms. The molecule has 9 nitrogen and oxygen atoms in total. The number of sulfonamides is 1. The standard InChI is InChI=1S/C18H22F3N3O6S/c1-11-4-5-14(29-11)17(26,18(19,20)21)10-15(25)23-6-8-24(9-7-23)31(27,28)16-12(2)22-30-13(16)3/h4-5,26H,6-10H2,1-3H3. The van der Waals surface area contributed by atoms with E-state index in [1.165, 1.54) is 26.8 Å². The lowest BCUT2D eigenvalue weighted by Gasteiger charge is -2.36. The van der Waals surface area contributed by atoms with Gasteiger partial charge in [0.25, 0.3) is 0 Å². The lowest BCUT2D eigenvalue weighted by molar-refractivity contribution is -0.274. The maximum atomic E-state index is 13.6. The molecule has 1 unspecified atom stereocenters. The van der Waals surface area contributed by atoms with Gasteiger partial charge < -0.3 is 18.9 Å². The molecule has 3 rings (SSSR count). The van der Waals surface area contributed by atoms with E-state index in [1.807, 2.05) is 0 Å². The minimum absolute atomic E-state index is 0.0630. The molecule has 3 heterocycles. The molecule has 1 aliphatic rings. The van der Waals surface area contributed by atoms with E-state index >= 15 is 0 Å². The fourth-order valence-electron chi connectivity index (χ4n) is 3.46. The third kappa shape index (κ3) is 4.21. The Balaban J connectivity index is 1.73. The van der Waals surface area contributed by atoms with Gasteiger partial charge in [0.1, 0.15) is 22.1 Å². The van der Waals surface area contributed by atoms with Gasteiger partial charge in [0.05, 0.1) is 6.42 Å². The smallest absolute Gasteiger partial charge is 0.425 e. The Kier molecular flexibility index (Phi) is 5.97. The molecule has 2 aromatic heterocycles. The number of carbonyl (C=O) groups excluding carboxylic acids is 1. The Morgan fingerprint density at radius 3 is 2.23 bits per heavy atom. The highest BCUT2D eigenvalue weighted by Gasteiger charge is 2.58. The summed E-state index contributed by atoms with van der Waals surface area (Å²) in [4.78, 5) is 13.6. The Hall–Kier alpha value is -2.38. The predicted octanol–water partition coefficient (Wildman–Crippen LogP) is 1.87. The summed E-state index contributed by atoms with van der Waals surface area (Å²) in [6, 6.07) is 2.24. The molecule has 0 spiro atoms. The van der Waals surface area contributed by atoms with Gasteiger partial charge >= 0.3 is 6.18 Å². The fourth-order valence-corrected chi connectivity index (χ4v) is 5.18. The van der Waals surface area contributed by atoms with Crippen molar-refractivity contribution in [1.82, 2.24) is 14.4 Å². The van der Waals surface area contributed by atoms with Crippen LogP contribution in [-0.4, -0.2) is 66.1 Å². The van der Waals surface area contributed by atoms with Crippen LogP contribution in [0.15, 0.2) is 26.0 Å². The molecule has 13 heteroatoms. The van der Waals surface area contributed by atoms with Gasteiger partial charge in [-0.3, -0.25) is 4.79 Å². The van der Waals surface area contributed by atoms with Crippen LogP contribution in [0.3, 0.4) is 0 Å². The van der Waals surface area contributed by atoms with Crippen molar-refractivity contribution < 1.29 is 40.4 Å². The van der Waals surface area contributed by atoms with Crippen LogP contribution in [0.2, 0.25) is 0 Å². The largest absolute Gasteiger partial charge is 0.463 e. The number of piperazine rings is 1. The summed E-state index contributed by atoms with van der Waals surface area (Å²) in [6.45, 7) is 3.85. The number of alkyl halides is 3. The van der Waals surface area contributed by atoms with Gasteiger partial charge in [-0.05, 0) is 32.9 Å². The Morgan fingerprint density at radius 1 is 1.16 bits per heavy atom. The van der Waals surface area contributed by atoms with Crippen molar-refractivity contribution in [2.75, 3.05) is 26.2 Å². The Bertz CT molecular complexity index is 1050. The maximum absolute atomic E-state index is 13.6. The number of rotatable bonds is 5. The first kappa shape index (κ1) is 23.3. The third-order valence-corrected chi connectivity index (χ3v) is 7.32. The van der Waals surface area contributed by atoms with Crippen LogP contribution in [0, 0.1) is 20.8 Å². The average molecular weight is 465 g/mol. The first-order valence-electron chi connectivity index (χ1n) is 9.34. The number of nitrogens with zero attached hydrogens (tertiary/aromatic N) is 3. The summed E-state index contributed by atoms with van der Waals surface area (Å²) in [6.07, 6.45) is -6.43. The zero-order valence-corrected chi connectivity index (χ0v) is 17.9. The normalized spacial score (nSPS) is 18.2. The summed E-state index contributed by atoms with van der Waals surface area (Å²) < 4.78 is 77.4. The number of halogens is 3. The minimum atomic E-state index is -5.15. The fraction of sp³-hybridized carbons (Fsp3) is 0.556. The van der Waals surface area contributed by atoms with Crippen molar-refractivity contribution in [2.45, 2.75) is 43.9 Å². The van der Waals surface area contributed by atoms with Gasteiger partial charge in [-0.15, -0.1) is 0 Å². The summed E-state index contributed by atoms with van der Waals surface area (Å²) in [5.41, 5.74) is -3.29. The van der Waals surface area contributed by atoms with Crippen LogP contribution in [0.1, 0.15) is 29.4 Å². The van der Waals surface area contributed by atoms with E-state index in [-0.39, 0.29) is 48.3 Å².